The average Bonchev–Trinajstić information content (AvgIpc) is 3.23. The zero-order valence-corrected chi connectivity index (χ0v) is 16.1. The van der Waals surface area contributed by atoms with Gasteiger partial charge in [-0.1, -0.05) is 29.8 Å². The highest BCUT2D eigenvalue weighted by molar-refractivity contribution is 5.91. The highest BCUT2D eigenvalue weighted by atomic mass is 16.4. The third-order valence-electron chi connectivity index (χ3n) is 4.53. The highest BCUT2D eigenvalue weighted by Crippen LogP contribution is 2.21. The summed E-state index contributed by atoms with van der Waals surface area (Å²) in [4.78, 5) is 23.2. The molecule has 1 aromatic carbocycles. The van der Waals surface area contributed by atoms with Gasteiger partial charge in [0.2, 0.25) is 5.91 Å². The topological polar surface area (TPSA) is 102 Å². The summed E-state index contributed by atoms with van der Waals surface area (Å²) in [5, 5.41) is 20.2. The van der Waals surface area contributed by atoms with Crippen LogP contribution in [-0.2, 0) is 17.9 Å². The van der Waals surface area contributed by atoms with Crippen molar-refractivity contribution in [2.24, 2.45) is 0 Å². The number of nitrogens with zero attached hydrogens (tertiary/aromatic N) is 4. The lowest BCUT2D eigenvalue weighted by molar-refractivity contribution is -0.116. The van der Waals surface area contributed by atoms with Gasteiger partial charge in [-0.3, -0.25) is 14.2 Å². The summed E-state index contributed by atoms with van der Waals surface area (Å²) in [5.74, 6) is -1.26. The second-order valence-electron chi connectivity index (χ2n) is 6.76. The van der Waals surface area contributed by atoms with Crippen molar-refractivity contribution in [1.29, 1.82) is 0 Å². The number of carboxylic acid groups (broad SMARTS) is 1. The monoisotopic (exact) mass is 381 g/mol. The molecule has 28 heavy (non-hydrogen) atoms. The maximum atomic E-state index is 12.3. The van der Waals surface area contributed by atoms with Gasteiger partial charge in [0, 0.05) is 19.2 Å². The molecule has 146 valence electrons. The fraction of sp³-hybridized carbons (Fsp3) is 0.300. The Morgan fingerprint density at radius 3 is 2.43 bits per heavy atom. The van der Waals surface area contributed by atoms with Gasteiger partial charge in [-0.05, 0) is 32.4 Å². The number of aryl methyl sites for hydroxylation is 3. The van der Waals surface area contributed by atoms with E-state index in [4.69, 9.17) is 5.11 Å². The Balaban J connectivity index is 1.63. The van der Waals surface area contributed by atoms with Crippen molar-refractivity contribution in [2.75, 3.05) is 5.32 Å². The van der Waals surface area contributed by atoms with Crippen LogP contribution in [0.3, 0.4) is 0 Å². The van der Waals surface area contributed by atoms with Crippen LogP contribution in [0.2, 0.25) is 0 Å². The predicted octanol–water partition coefficient (Wildman–Crippen LogP) is 2.78. The van der Waals surface area contributed by atoms with E-state index in [-0.39, 0.29) is 18.0 Å². The molecule has 0 saturated heterocycles. The van der Waals surface area contributed by atoms with E-state index in [9.17, 15) is 9.59 Å². The largest absolute Gasteiger partial charge is 0.476 e. The first-order valence-electron chi connectivity index (χ1n) is 8.99. The Bertz CT molecular complexity index is 1000. The Morgan fingerprint density at radius 1 is 1.07 bits per heavy atom. The van der Waals surface area contributed by atoms with Gasteiger partial charge in [-0.25, -0.2) is 4.79 Å². The van der Waals surface area contributed by atoms with Crippen LogP contribution in [0, 0.1) is 20.8 Å². The van der Waals surface area contributed by atoms with Gasteiger partial charge in [0.15, 0.2) is 5.69 Å². The molecule has 0 radical (unpaired) electrons. The van der Waals surface area contributed by atoms with E-state index < -0.39 is 5.97 Å². The van der Waals surface area contributed by atoms with Crippen LogP contribution in [0.1, 0.15) is 39.4 Å². The molecule has 0 aliphatic rings. The smallest absolute Gasteiger partial charge is 0.356 e. The van der Waals surface area contributed by atoms with Crippen LogP contribution in [0.4, 0.5) is 5.69 Å². The summed E-state index contributed by atoms with van der Waals surface area (Å²) in [6, 6.07) is 9.67. The SMILES string of the molecule is Cc1ccc(Cn2nc(C)c(NC(=O)CCn3ccc(C(=O)O)n3)c2C)cc1. The second-order valence-corrected chi connectivity index (χ2v) is 6.76. The third kappa shape index (κ3) is 4.46. The lowest BCUT2D eigenvalue weighted by atomic mass is 10.1. The maximum absolute atomic E-state index is 12.3. The quantitative estimate of drug-likeness (QED) is 0.655. The van der Waals surface area contributed by atoms with Crippen LogP contribution in [0.5, 0.6) is 0 Å². The minimum absolute atomic E-state index is 0.0375. The molecule has 8 heteroatoms. The average molecular weight is 381 g/mol. The third-order valence-corrected chi connectivity index (χ3v) is 4.53. The van der Waals surface area contributed by atoms with Crippen LogP contribution in [0.15, 0.2) is 36.5 Å². The van der Waals surface area contributed by atoms with E-state index in [0.717, 1.165) is 17.0 Å². The van der Waals surface area contributed by atoms with E-state index in [1.165, 1.54) is 16.3 Å². The number of nitrogens with one attached hydrogen (secondary N) is 1. The predicted molar refractivity (Wildman–Crippen MR) is 104 cm³/mol. The fourth-order valence-corrected chi connectivity index (χ4v) is 2.92. The van der Waals surface area contributed by atoms with E-state index in [2.05, 4.69) is 39.8 Å². The van der Waals surface area contributed by atoms with Gasteiger partial charge < -0.3 is 10.4 Å². The number of amides is 1. The van der Waals surface area contributed by atoms with Gasteiger partial charge in [-0.2, -0.15) is 10.2 Å². The molecule has 1 amide bonds. The van der Waals surface area contributed by atoms with Crippen LogP contribution in [-0.4, -0.2) is 36.5 Å². The minimum atomic E-state index is -1.09. The van der Waals surface area contributed by atoms with Crippen molar-refractivity contribution in [1.82, 2.24) is 19.6 Å². The zero-order valence-electron chi connectivity index (χ0n) is 16.1. The summed E-state index contributed by atoms with van der Waals surface area (Å²) >= 11 is 0. The van der Waals surface area contributed by atoms with E-state index in [1.807, 2.05) is 25.5 Å². The van der Waals surface area contributed by atoms with E-state index in [1.54, 1.807) is 6.20 Å². The first kappa shape index (κ1) is 19.3. The molecule has 2 aromatic heterocycles. The molecule has 3 aromatic rings. The number of carboxylic acids is 1. The van der Waals surface area contributed by atoms with Crippen molar-refractivity contribution in [3.63, 3.8) is 0 Å². The van der Waals surface area contributed by atoms with Gasteiger partial charge in [0.1, 0.15) is 0 Å². The Labute approximate surface area is 162 Å². The standard InChI is InChI=1S/C20H23N5O3/c1-13-4-6-16(7-5-13)12-25-15(3)19(14(2)22-25)21-18(26)9-11-24-10-8-17(23-24)20(27)28/h4-8,10H,9,11-12H2,1-3H3,(H,21,26)(H,27,28). The summed E-state index contributed by atoms with van der Waals surface area (Å²) in [7, 11) is 0. The van der Waals surface area contributed by atoms with Crippen molar-refractivity contribution < 1.29 is 14.7 Å². The van der Waals surface area contributed by atoms with Gasteiger partial charge in [-0.15, -0.1) is 0 Å². The number of anilines is 1. The molecule has 0 spiro atoms. The van der Waals surface area contributed by atoms with Gasteiger partial charge >= 0.3 is 5.97 Å². The highest BCUT2D eigenvalue weighted by Gasteiger charge is 2.15. The molecule has 0 saturated carbocycles. The summed E-state index contributed by atoms with van der Waals surface area (Å²) in [6.45, 7) is 6.77. The molecule has 0 atom stereocenters. The zero-order chi connectivity index (χ0) is 20.3. The summed E-state index contributed by atoms with van der Waals surface area (Å²) in [6.07, 6.45) is 1.73. The molecule has 0 aliphatic carbocycles. The lowest BCUT2D eigenvalue weighted by Gasteiger charge is -2.08. The molecule has 0 unspecified atom stereocenters. The molecular weight excluding hydrogens is 358 g/mol. The maximum Gasteiger partial charge on any atom is 0.356 e. The van der Waals surface area contributed by atoms with Crippen LogP contribution in [0.25, 0.3) is 0 Å². The molecule has 0 fully saturated rings. The number of hydrogen-bond acceptors (Lipinski definition) is 4. The van der Waals surface area contributed by atoms with Gasteiger partial charge in [0.25, 0.3) is 0 Å². The number of hydrogen-bond donors (Lipinski definition) is 2. The lowest BCUT2D eigenvalue weighted by Crippen LogP contribution is -2.16. The van der Waals surface area contributed by atoms with Gasteiger partial charge in [0.05, 0.1) is 23.6 Å². The normalized spacial score (nSPS) is 10.8. The molecule has 3 rings (SSSR count). The minimum Gasteiger partial charge on any atom is -0.476 e. The molecule has 0 aliphatic heterocycles. The Morgan fingerprint density at radius 2 is 1.79 bits per heavy atom. The van der Waals surface area contributed by atoms with Crippen molar-refractivity contribution in [3.8, 4) is 0 Å². The number of benzene rings is 1. The fourth-order valence-electron chi connectivity index (χ4n) is 2.92. The first-order chi connectivity index (χ1) is 13.3. The van der Waals surface area contributed by atoms with Crippen LogP contribution >= 0.6 is 0 Å². The first-order valence-corrected chi connectivity index (χ1v) is 8.99. The summed E-state index contributed by atoms with van der Waals surface area (Å²) in [5.41, 5.74) is 4.66. The Kier molecular flexibility index (Phi) is 5.58. The number of rotatable bonds is 7. The molecule has 2 heterocycles. The number of aromatic nitrogens is 4. The van der Waals surface area contributed by atoms with Crippen LogP contribution < -0.4 is 5.32 Å². The molecule has 0 bridgehead atoms. The second kappa shape index (κ2) is 8.08. The molecule has 8 nitrogen and oxygen atoms in total. The Hall–Kier alpha value is -3.42. The van der Waals surface area contributed by atoms with E-state index in [0.29, 0.717) is 18.8 Å². The van der Waals surface area contributed by atoms with Crippen molar-refractivity contribution in [2.45, 2.75) is 40.3 Å². The van der Waals surface area contributed by atoms with Crippen molar-refractivity contribution in [3.05, 3.63) is 64.7 Å². The number of carbonyl (C=O) groups excluding carboxylic acids is 1. The number of aromatic carboxylic acids is 1. The van der Waals surface area contributed by atoms with Crippen molar-refractivity contribution >= 4 is 17.6 Å². The summed E-state index contributed by atoms with van der Waals surface area (Å²) < 4.78 is 3.33. The molecular formula is C20H23N5O3. The van der Waals surface area contributed by atoms with E-state index >= 15 is 0 Å². The number of carbonyl (C=O) groups is 2. The molecule has 2 N–H and O–H groups in total.